The van der Waals surface area contributed by atoms with Gasteiger partial charge in [-0.25, -0.2) is 9.59 Å². The fourth-order valence-corrected chi connectivity index (χ4v) is 6.41. The number of aromatic nitrogens is 2. The van der Waals surface area contributed by atoms with Crippen LogP contribution in [0.15, 0.2) is 16.9 Å². The largest absolute Gasteiger partial charge is 0.341 e. The molecule has 3 N–H and O–H groups in total. The van der Waals surface area contributed by atoms with Gasteiger partial charge in [0.15, 0.2) is 0 Å². The number of nitrogens with one attached hydrogen (secondary N) is 3. The third kappa shape index (κ3) is 6.03. The number of piperidine rings is 3. The Morgan fingerprint density at radius 1 is 0.919 bits per heavy atom. The predicted molar refractivity (Wildman–Crippen MR) is 145 cm³/mol. The summed E-state index contributed by atoms with van der Waals surface area (Å²) in [6.45, 7) is 7.36. The van der Waals surface area contributed by atoms with Crippen molar-refractivity contribution >= 4 is 23.0 Å². The second kappa shape index (κ2) is 11.7. The van der Waals surface area contributed by atoms with Gasteiger partial charge < -0.3 is 30.0 Å². The number of carbonyl (C=O) groups excluding carboxylic acids is 2. The van der Waals surface area contributed by atoms with Gasteiger partial charge in [0.05, 0.1) is 11.0 Å². The molecule has 1 aromatic carbocycles. The first kappa shape index (κ1) is 25.8. The maximum absolute atomic E-state index is 13.8. The van der Waals surface area contributed by atoms with Crippen LogP contribution in [-0.4, -0.2) is 88.0 Å². The summed E-state index contributed by atoms with van der Waals surface area (Å²) in [5.74, 6) is 0.00293. The smallest absolute Gasteiger partial charge is 0.323 e. The molecule has 3 aliphatic heterocycles. The molecule has 2 aromatic rings. The Balaban J connectivity index is 1.32. The van der Waals surface area contributed by atoms with Gasteiger partial charge in [-0.15, -0.1) is 0 Å². The Morgan fingerprint density at radius 2 is 1.59 bits per heavy atom. The summed E-state index contributed by atoms with van der Waals surface area (Å²) in [6, 6.07) is 3.78. The van der Waals surface area contributed by atoms with E-state index in [1.54, 1.807) is 0 Å². The van der Waals surface area contributed by atoms with Crippen LogP contribution in [0.25, 0.3) is 11.0 Å². The number of benzene rings is 1. The first-order valence-corrected chi connectivity index (χ1v) is 14.3. The minimum atomic E-state index is -0.631. The van der Waals surface area contributed by atoms with E-state index >= 15 is 0 Å². The lowest BCUT2D eigenvalue weighted by molar-refractivity contribution is -0.134. The molecular weight excluding hydrogens is 468 g/mol. The second-order valence-electron chi connectivity index (χ2n) is 11.0. The molecule has 5 rings (SSSR count). The van der Waals surface area contributed by atoms with Crippen molar-refractivity contribution in [2.75, 3.05) is 39.3 Å². The summed E-state index contributed by atoms with van der Waals surface area (Å²) in [6.07, 6.45) is 10.2. The summed E-state index contributed by atoms with van der Waals surface area (Å²) >= 11 is 0. The average Bonchev–Trinajstić information content (AvgIpc) is 3.33. The molecule has 1 atom stereocenters. The molecule has 9 nitrogen and oxygen atoms in total. The highest BCUT2D eigenvalue weighted by Gasteiger charge is 2.33. The number of fused-ring (bicyclic) bond motifs is 1. The van der Waals surface area contributed by atoms with Crippen LogP contribution in [0.3, 0.4) is 0 Å². The molecule has 3 saturated heterocycles. The minimum Gasteiger partial charge on any atom is -0.341 e. The van der Waals surface area contributed by atoms with Crippen molar-refractivity contribution in [3.63, 3.8) is 0 Å². The summed E-state index contributed by atoms with van der Waals surface area (Å²) in [5, 5.41) is 3.10. The minimum absolute atomic E-state index is 0.00293. The Bertz CT molecular complexity index is 1140. The number of hydrogen-bond donors (Lipinski definition) is 3. The molecule has 0 spiro atoms. The van der Waals surface area contributed by atoms with Crippen LogP contribution >= 0.6 is 0 Å². The standard InChI is InChI=1S/C28H42N6O3/c1-2-21-17-20(18-23-25(21)31-27(36)29-23)19-24(30-28(37)34-13-7-4-8-14-34)26(35)33-15-9-22(10-16-33)32-11-5-3-6-12-32/h17-18,22,24H,2-16,19H2,1H3,(H,30,37)(H2,29,31,36). The summed E-state index contributed by atoms with van der Waals surface area (Å²) in [7, 11) is 0. The summed E-state index contributed by atoms with van der Waals surface area (Å²) in [5.41, 5.74) is 3.30. The zero-order chi connectivity index (χ0) is 25.8. The van der Waals surface area contributed by atoms with Gasteiger partial charge in [0.2, 0.25) is 5.91 Å². The average molecular weight is 511 g/mol. The molecule has 3 fully saturated rings. The number of imidazole rings is 1. The van der Waals surface area contributed by atoms with E-state index in [1.807, 2.05) is 15.9 Å². The van der Waals surface area contributed by atoms with Crippen molar-refractivity contribution in [1.82, 2.24) is 30.0 Å². The molecule has 0 radical (unpaired) electrons. The maximum atomic E-state index is 13.8. The van der Waals surface area contributed by atoms with Crippen LogP contribution in [0.2, 0.25) is 0 Å². The molecule has 4 heterocycles. The highest BCUT2D eigenvalue weighted by Crippen LogP contribution is 2.23. The number of aromatic amines is 2. The maximum Gasteiger partial charge on any atom is 0.323 e. The van der Waals surface area contributed by atoms with Crippen molar-refractivity contribution < 1.29 is 9.59 Å². The Hall–Kier alpha value is -2.81. The Labute approximate surface area is 219 Å². The second-order valence-corrected chi connectivity index (χ2v) is 11.0. The normalized spacial score (nSPS) is 20.8. The number of nitrogens with zero attached hydrogens (tertiary/aromatic N) is 3. The molecule has 3 amide bonds. The van der Waals surface area contributed by atoms with Crippen molar-refractivity contribution in [2.45, 2.75) is 83.2 Å². The quantitative estimate of drug-likeness (QED) is 0.556. The number of rotatable bonds is 6. The van der Waals surface area contributed by atoms with E-state index in [0.29, 0.717) is 12.5 Å². The Kier molecular flexibility index (Phi) is 8.17. The van der Waals surface area contributed by atoms with Crippen LogP contribution in [0.5, 0.6) is 0 Å². The van der Waals surface area contributed by atoms with Crippen molar-refractivity contribution in [2.24, 2.45) is 0 Å². The lowest BCUT2D eigenvalue weighted by Gasteiger charge is -2.41. The zero-order valence-electron chi connectivity index (χ0n) is 22.2. The van der Waals surface area contributed by atoms with Crippen molar-refractivity contribution in [3.8, 4) is 0 Å². The number of H-pyrrole nitrogens is 2. The van der Waals surface area contributed by atoms with Gasteiger partial charge in [0.1, 0.15) is 6.04 Å². The monoisotopic (exact) mass is 510 g/mol. The van der Waals surface area contributed by atoms with E-state index in [9.17, 15) is 14.4 Å². The lowest BCUT2D eigenvalue weighted by atomic mass is 9.97. The van der Waals surface area contributed by atoms with Crippen LogP contribution < -0.4 is 11.0 Å². The molecule has 9 heteroatoms. The van der Waals surface area contributed by atoms with Gasteiger partial charge in [-0.1, -0.05) is 19.4 Å². The van der Waals surface area contributed by atoms with E-state index in [-0.39, 0.29) is 17.6 Å². The molecule has 202 valence electrons. The SMILES string of the molecule is CCc1cc(CC(NC(=O)N2CCCCC2)C(=O)N2CCC(N3CCCCC3)CC2)cc2[nH]c(=O)[nH]c12. The fraction of sp³-hybridized carbons (Fsp3) is 0.679. The summed E-state index contributed by atoms with van der Waals surface area (Å²) in [4.78, 5) is 51.1. The molecule has 3 aliphatic rings. The fourth-order valence-electron chi connectivity index (χ4n) is 6.41. The molecule has 0 aliphatic carbocycles. The number of likely N-dealkylation sites (tertiary alicyclic amines) is 3. The highest BCUT2D eigenvalue weighted by atomic mass is 16.2. The van der Waals surface area contributed by atoms with E-state index in [4.69, 9.17) is 0 Å². The highest BCUT2D eigenvalue weighted by molar-refractivity contribution is 5.88. The number of carbonyl (C=O) groups is 2. The van der Waals surface area contributed by atoms with Crippen LogP contribution in [-0.2, 0) is 17.6 Å². The number of aryl methyl sites for hydroxylation is 1. The predicted octanol–water partition coefficient (Wildman–Crippen LogP) is 3.00. The first-order valence-electron chi connectivity index (χ1n) is 14.3. The van der Waals surface area contributed by atoms with Crippen LogP contribution in [0.1, 0.15) is 69.4 Å². The molecule has 1 aromatic heterocycles. The first-order chi connectivity index (χ1) is 18.0. The molecule has 0 saturated carbocycles. The third-order valence-corrected chi connectivity index (χ3v) is 8.51. The van der Waals surface area contributed by atoms with Gasteiger partial charge in [-0.2, -0.15) is 0 Å². The molecule has 37 heavy (non-hydrogen) atoms. The van der Waals surface area contributed by atoms with Gasteiger partial charge in [0.25, 0.3) is 0 Å². The van der Waals surface area contributed by atoms with E-state index in [0.717, 1.165) is 86.9 Å². The van der Waals surface area contributed by atoms with Gasteiger partial charge in [0, 0.05) is 38.6 Å². The number of hydrogen-bond acceptors (Lipinski definition) is 4. The number of amides is 3. The Morgan fingerprint density at radius 3 is 2.27 bits per heavy atom. The van der Waals surface area contributed by atoms with Crippen LogP contribution in [0.4, 0.5) is 4.79 Å². The van der Waals surface area contributed by atoms with E-state index in [1.165, 1.54) is 32.4 Å². The zero-order valence-corrected chi connectivity index (χ0v) is 22.2. The molecule has 0 bridgehead atoms. The van der Waals surface area contributed by atoms with E-state index < -0.39 is 6.04 Å². The van der Waals surface area contributed by atoms with Gasteiger partial charge in [-0.05, 0) is 81.6 Å². The van der Waals surface area contributed by atoms with Crippen molar-refractivity contribution in [3.05, 3.63) is 33.7 Å². The topological polar surface area (TPSA) is 105 Å². The lowest BCUT2D eigenvalue weighted by Crippen LogP contribution is -2.56. The third-order valence-electron chi connectivity index (χ3n) is 8.51. The van der Waals surface area contributed by atoms with Gasteiger partial charge >= 0.3 is 11.7 Å². The van der Waals surface area contributed by atoms with Crippen molar-refractivity contribution in [1.29, 1.82) is 0 Å². The number of urea groups is 1. The van der Waals surface area contributed by atoms with Crippen LogP contribution in [0, 0.1) is 0 Å². The molecular formula is C28H42N6O3. The molecule has 1 unspecified atom stereocenters. The van der Waals surface area contributed by atoms with Gasteiger partial charge in [-0.3, -0.25) is 4.79 Å². The summed E-state index contributed by atoms with van der Waals surface area (Å²) < 4.78 is 0. The van der Waals surface area contributed by atoms with E-state index in [2.05, 4.69) is 33.2 Å².